The van der Waals surface area contributed by atoms with Crippen LogP contribution >= 0.6 is 0 Å². The number of allylic oxidation sites excluding steroid dienone is 24. The predicted molar refractivity (Wildman–Crippen MR) is 288 cm³/mol. The molecule has 0 rings (SSSR count). The lowest BCUT2D eigenvalue weighted by Crippen LogP contribution is -2.30. The first-order valence-electron chi connectivity index (χ1n) is 26.3. The van der Waals surface area contributed by atoms with Gasteiger partial charge in [-0.3, -0.25) is 14.4 Å². The highest BCUT2D eigenvalue weighted by Gasteiger charge is 2.19. The van der Waals surface area contributed by atoms with Crippen molar-refractivity contribution in [1.29, 1.82) is 0 Å². The lowest BCUT2D eigenvalue weighted by molar-refractivity contribution is -0.167. The van der Waals surface area contributed by atoms with Crippen LogP contribution in [0.2, 0.25) is 0 Å². The van der Waals surface area contributed by atoms with E-state index < -0.39 is 6.10 Å². The molecule has 6 nitrogen and oxygen atoms in total. The van der Waals surface area contributed by atoms with Crippen molar-refractivity contribution in [1.82, 2.24) is 0 Å². The van der Waals surface area contributed by atoms with Gasteiger partial charge in [-0.25, -0.2) is 0 Å². The molecule has 0 aliphatic carbocycles. The molecule has 0 aromatic rings. The molecule has 1 atom stereocenters. The molecule has 0 aliphatic heterocycles. The molecule has 374 valence electrons. The van der Waals surface area contributed by atoms with E-state index in [0.29, 0.717) is 12.8 Å². The Labute approximate surface area is 410 Å². The quantitative estimate of drug-likeness (QED) is 0.0262. The Morgan fingerprint density at radius 1 is 0.299 bits per heavy atom. The second-order valence-corrected chi connectivity index (χ2v) is 16.6. The first-order chi connectivity index (χ1) is 33.0. The Bertz CT molecular complexity index is 1530. The van der Waals surface area contributed by atoms with Gasteiger partial charge in [0, 0.05) is 19.3 Å². The summed E-state index contributed by atoms with van der Waals surface area (Å²) in [4.78, 5) is 38.1. The third kappa shape index (κ3) is 52.1. The summed E-state index contributed by atoms with van der Waals surface area (Å²) in [6, 6.07) is 0. The first kappa shape index (κ1) is 62.3. The van der Waals surface area contributed by atoms with Crippen LogP contribution in [-0.2, 0) is 28.6 Å². The highest BCUT2D eigenvalue weighted by molar-refractivity contribution is 5.71. The van der Waals surface area contributed by atoms with E-state index in [4.69, 9.17) is 14.2 Å². The van der Waals surface area contributed by atoms with E-state index in [1.165, 1.54) is 0 Å². The molecule has 0 bridgehead atoms. The van der Waals surface area contributed by atoms with Crippen LogP contribution < -0.4 is 0 Å². The topological polar surface area (TPSA) is 78.9 Å². The van der Waals surface area contributed by atoms with Crippen molar-refractivity contribution in [2.24, 2.45) is 0 Å². The highest BCUT2D eigenvalue weighted by atomic mass is 16.6. The largest absolute Gasteiger partial charge is 0.462 e. The van der Waals surface area contributed by atoms with Crippen LogP contribution in [0.5, 0.6) is 0 Å². The van der Waals surface area contributed by atoms with E-state index in [1.54, 1.807) is 0 Å². The Balaban J connectivity index is 4.58. The Morgan fingerprint density at radius 3 is 0.851 bits per heavy atom. The second kappa shape index (κ2) is 53.9. The maximum absolute atomic E-state index is 12.8. The summed E-state index contributed by atoms with van der Waals surface area (Å²) in [6.07, 6.45) is 76.9. The lowest BCUT2D eigenvalue weighted by Gasteiger charge is -2.18. The SMILES string of the molecule is CC/C=C\C/C=C\C/C=C\C/C=C\CCCCCCC(=O)OCC(COC(=O)CCCC/C=C\C/C=C\C/C=C\C/C=C\CC)OC(=O)CCCCCC/C=C\C/C=C\C/C=C\C/C=C\CC. The van der Waals surface area contributed by atoms with Gasteiger partial charge in [0.1, 0.15) is 13.2 Å². The molecule has 0 amide bonds. The number of ether oxygens (including phenoxy) is 3. The summed E-state index contributed by atoms with van der Waals surface area (Å²) < 4.78 is 16.7. The molecule has 0 N–H and O–H groups in total. The van der Waals surface area contributed by atoms with Crippen molar-refractivity contribution >= 4 is 17.9 Å². The molecule has 1 unspecified atom stereocenters. The maximum atomic E-state index is 12.8. The molecular formula is C61H94O6. The number of rotatable bonds is 45. The van der Waals surface area contributed by atoms with Gasteiger partial charge in [-0.05, 0) is 135 Å². The van der Waals surface area contributed by atoms with E-state index in [-0.39, 0.29) is 44.0 Å². The van der Waals surface area contributed by atoms with E-state index in [9.17, 15) is 14.4 Å². The van der Waals surface area contributed by atoms with Crippen molar-refractivity contribution in [3.63, 3.8) is 0 Å². The van der Waals surface area contributed by atoms with Crippen LogP contribution in [0.25, 0.3) is 0 Å². The Kier molecular flexibility index (Phi) is 50.1. The highest BCUT2D eigenvalue weighted by Crippen LogP contribution is 2.12. The Morgan fingerprint density at radius 2 is 0.537 bits per heavy atom. The van der Waals surface area contributed by atoms with Crippen LogP contribution in [0, 0.1) is 0 Å². The van der Waals surface area contributed by atoms with E-state index in [2.05, 4.69) is 167 Å². The minimum Gasteiger partial charge on any atom is -0.462 e. The van der Waals surface area contributed by atoms with Gasteiger partial charge in [0.25, 0.3) is 0 Å². The number of esters is 3. The molecule has 0 aromatic carbocycles. The number of carbonyl (C=O) groups is 3. The van der Waals surface area contributed by atoms with Crippen LogP contribution in [-0.4, -0.2) is 37.2 Å². The molecule has 0 heterocycles. The lowest BCUT2D eigenvalue weighted by atomic mass is 10.1. The molecule has 0 radical (unpaired) electrons. The fourth-order valence-electron chi connectivity index (χ4n) is 6.47. The summed E-state index contributed by atoms with van der Waals surface area (Å²) >= 11 is 0. The van der Waals surface area contributed by atoms with Crippen molar-refractivity contribution in [2.45, 2.75) is 207 Å². The zero-order valence-electron chi connectivity index (χ0n) is 42.6. The minimum atomic E-state index is -0.825. The van der Waals surface area contributed by atoms with E-state index in [1.807, 2.05) is 0 Å². The molecule has 0 aliphatic rings. The fraction of sp³-hybridized carbons (Fsp3) is 0.557. The van der Waals surface area contributed by atoms with Gasteiger partial charge in [-0.15, -0.1) is 0 Å². The third-order valence-electron chi connectivity index (χ3n) is 10.3. The molecule has 0 spiro atoms. The number of hydrogen-bond donors (Lipinski definition) is 0. The molecular weight excluding hydrogens is 829 g/mol. The second-order valence-electron chi connectivity index (χ2n) is 16.6. The molecule has 0 saturated heterocycles. The van der Waals surface area contributed by atoms with Crippen LogP contribution in [0.15, 0.2) is 146 Å². The normalized spacial score (nSPS) is 13.3. The standard InChI is InChI=1S/C61H94O6/c1-4-7-10-13-16-19-22-25-28-30-33-36-39-42-45-48-51-54-60(63)66-57-58(56-65-59(62)53-50-47-44-41-38-35-32-27-24-21-18-15-12-9-6-3)67-61(64)55-52-49-46-43-40-37-34-31-29-26-23-20-17-14-11-8-5-2/h7-12,16-21,25-29,32-34,36-38,41,58H,4-6,13-15,22-24,30-31,35,39-40,42-57H2,1-3H3/b10-7-,11-8-,12-9-,19-16-,20-17-,21-18-,28-25-,29-26-,32-27-,36-33-,37-34-,41-38-. The van der Waals surface area contributed by atoms with Gasteiger partial charge in [-0.1, -0.05) is 192 Å². The molecule has 0 aromatic heterocycles. The molecule has 6 heteroatoms. The monoisotopic (exact) mass is 923 g/mol. The van der Waals surface area contributed by atoms with Gasteiger partial charge in [0.05, 0.1) is 0 Å². The zero-order chi connectivity index (χ0) is 48.6. The number of carbonyl (C=O) groups excluding carboxylic acids is 3. The van der Waals surface area contributed by atoms with Crippen LogP contribution in [0.4, 0.5) is 0 Å². The van der Waals surface area contributed by atoms with Crippen molar-refractivity contribution in [3.05, 3.63) is 146 Å². The summed E-state index contributed by atoms with van der Waals surface area (Å²) in [5.74, 6) is -1.02. The van der Waals surface area contributed by atoms with Crippen molar-refractivity contribution in [2.75, 3.05) is 13.2 Å². The molecule has 67 heavy (non-hydrogen) atoms. The summed E-state index contributed by atoms with van der Waals surface area (Å²) in [6.45, 7) is 6.19. The van der Waals surface area contributed by atoms with Crippen LogP contribution in [0.3, 0.4) is 0 Å². The van der Waals surface area contributed by atoms with Gasteiger partial charge in [-0.2, -0.15) is 0 Å². The average Bonchev–Trinajstić information content (AvgIpc) is 3.33. The summed E-state index contributed by atoms with van der Waals surface area (Å²) in [5, 5.41) is 0. The number of hydrogen-bond acceptors (Lipinski definition) is 6. The third-order valence-corrected chi connectivity index (χ3v) is 10.3. The zero-order valence-corrected chi connectivity index (χ0v) is 42.6. The molecule has 0 fully saturated rings. The first-order valence-corrected chi connectivity index (χ1v) is 26.3. The maximum Gasteiger partial charge on any atom is 0.306 e. The number of unbranched alkanes of at least 4 members (excludes halogenated alkanes) is 10. The van der Waals surface area contributed by atoms with Crippen molar-refractivity contribution in [3.8, 4) is 0 Å². The van der Waals surface area contributed by atoms with E-state index in [0.717, 1.165) is 154 Å². The van der Waals surface area contributed by atoms with Gasteiger partial charge in [0.15, 0.2) is 6.10 Å². The summed E-state index contributed by atoms with van der Waals surface area (Å²) in [7, 11) is 0. The van der Waals surface area contributed by atoms with E-state index >= 15 is 0 Å². The van der Waals surface area contributed by atoms with Gasteiger partial charge < -0.3 is 14.2 Å². The predicted octanol–water partition coefficient (Wildman–Crippen LogP) is 17.6. The fourth-order valence-corrected chi connectivity index (χ4v) is 6.47. The molecule has 0 saturated carbocycles. The van der Waals surface area contributed by atoms with Crippen LogP contribution in [0.1, 0.15) is 201 Å². The average molecular weight is 923 g/mol. The van der Waals surface area contributed by atoms with Crippen molar-refractivity contribution < 1.29 is 28.6 Å². The Hall–Kier alpha value is -4.71. The summed E-state index contributed by atoms with van der Waals surface area (Å²) in [5.41, 5.74) is 0. The van der Waals surface area contributed by atoms with Gasteiger partial charge in [0.2, 0.25) is 0 Å². The smallest absolute Gasteiger partial charge is 0.306 e. The minimum absolute atomic E-state index is 0.121. The van der Waals surface area contributed by atoms with Gasteiger partial charge >= 0.3 is 17.9 Å².